The number of aliphatic hydroxyl groups is 1. The van der Waals surface area contributed by atoms with E-state index in [4.69, 9.17) is 0 Å². The Morgan fingerprint density at radius 2 is 2.08 bits per heavy atom. The first kappa shape index (κ1) is 9.20. The third-order valence-corrected chi connectivity index (χ3v) is 3.84. The van der Waals surface area contributed by atoms with Crippen LogP contribution in [0.4, 0.5) is 0 Å². The van der Waals surface area contributed by atoms with E-state index < -0.39 is 0 Å². The minimum atomic E-state index is -0.214. The first-order chi connectivity index (χ1) is 6.20. The van der Waals surface area contributed by atoms with Crippen molar-refractivity contribution in [3.63, 3.8) is 0 Å². The predicted octanol–water partition coefficient (Wildman–Crippen LogP) is 1.76. The number of aliphatic hydroxyl groups excluding tert-OH is 1. The largest absolute Gasteiger partial charge is 0.393 e. The molecular weight excluding hydrogens is 164 g/mol. The number of rotatable bonds is 0. The average molecular weight is 182 g/mol. The summed E-state index contributed by atoms with van der Waals surface area (Å²) in [5.74, 6) is 1.41. The molecule has 0 bridgehead atoms. The summed E-state index contributed by atoms with van der Waals surface area (Å²) in [4.78, 5) is 11.7. The lowest BCUT2D eigenvalue weighted by Gasteiger charge is -2.24. The fraction of sp³-hybridized carbons (Fsp3) is 0.909. The van der Waals surface area contributed by atoms with E-state index in [9.17, 15) is 9.90 Å². The first-order valence-electron chi connectivity index (χ1n) is 5.41. The normalized spacial score (nSPS) is 45.8. The Morgan fingerprint density at radius 3 is 2.85 bits per heavy atom. The average Bonchev–Trinajstić information content (AvgIpc) is 2.40. The number of carbonyl (C=O) groups excluding carboxylic acids is 1. The molecule has 0 aromatic rings. The molecule has 0 aliphatic heterocycles. The minimum Gasteiger partial charge on any atom is -0.393 e. The van der Waals surface area contributed by atoms with Gasteiger partial charge in [0.1, 0.15) is 5.78 Å². The Bertz CT molecular complexity index is 212. The third-order valence-electron chi connectivity index (χ3n) is 3.84. The Hall–Kier alpha value is -0.370. The van der Waals surface area contributed by atoms with E-state index in [0.717, 1.165) is 25.7 Å². The third kappa shape index (κ3) is 1.52. The zero-order valence-electron chi connectivity index (χ0n) is 8.20. The SMILES string of the molecule is C[C@H]1CC[C@@H]2C(=O)CCC[C@H](O)[C@@H]21. The van der Waals surface area contributed by atoms with E-state index in [-0.39, 0.29) is 17.9 Å². The number of hydrogen-bond donors (Lipinski definition) is 1. The number of carbonyl (C=O) groups is 1. The fourth-order valence-electron chi connectivity index (χ4n) is 3.11. The zero-order valence-corrected chi connectivity index (χ0v) is 8.20. The van der Waals surface area contributed by atoms with E-state index in [1.165, 1.54) is 0 Å². The molecule has 0 radical (unpaired) electrons. The van der Waals surface area contributed by atoms with Crippen LogP contribution >= 0.6 is 0 Å². The highest BCUT2D eigenvalue weighted by molar-refractivity contribution is 5.82. The molecule has 0 spiro atoms. The van der Waals surface area contributed by atoms with Gasteiger partial charge in [-0.1, -0.05) is 6.92 Å². The van der Waals surface area contributed by atoms with Crippen LogP contribution in [0.15, 0.2) is 0 Å². The van der Waals surface area contributed by atoms with E-state index in [1.807, 2.05) is 0 Å². The van der Waals surface area contributed by atoms with Crippen LogP contribution in [-0.2, 0) is 4.79 Å². The maximum atomic E-state index is 11.7. The van der Waals surface area contributed by atoms with Crippen molar-refractivity contribution in [2.75, 3.05) is 0 Å². The van der Waals surface area contributed by atoms with Gasteiger partial charge in [0.2, 0.25) is 0 Å². The van der Waals surface area contributed by atoms with Crippen LogP contribution < -0.4 is 0 Å². The van der Waals surface area contributed by atoms with Gasteiger partial charge >= 0.3 is 0 Å². The van der Waals surface area contributed by atoms with Crippen LogP contribution in [0, 0.1) is 17.8 Å². The molecule has 0 amide bonds. The maximum absolute atomic E-state index is 11.7. The number of hydrogen-bond acceptors (Lipinski definition) is 2. The van der Waals surface area contributed by atoms with E-state index in [0.29, 0.717) is 18.1 Å². The summed E-state index contributed by atoms with van der Waals surface area (Å²) in [6.07, 6.45) is 4.34. The number of fused-ring (bicyclic) bond motifs is 1. The number of ketones is 1. The Labute approximate surface area is 79.3 Å². The monoisotopic (exact) mass is 182 g/mol. The van der Waals surface area contributed by atoms with Crippen LogP contribution in [0.5, 0.6) is 0 Å². The van der Waals surface area contributed by atoms with Crippen molar-refractivity contribution in [2.45, 2.75) is 45.1 Å². The summed E-state index contributed by atoms with van der Waals surface area (Å²) in [6.45, 7) is 2.17. The second kappa shape index (κ2) is 3.41. The van der Waals surface area contributed by atoms with Gasteiger partial charge in [-0.05, 0) is 37.5 Å². The minimum absolute atomic E-state index is 0.188. The topological polar surface area (TPSA) is 37.3 Å². The van der Waals surface area contributed by atoms with Gasteiger partial charge in [-0.2, -0.15) is 0 Å². The highest BCUT2D eigenvalue weighted by Crippen LogP contribution is 2.43. The molecule has 1 N–H and O–H groups in total. The highest BCUT2D eigenvalue weighted by atomic mass is 16.3. The summed E-state index contributed by atoms with van der Waals surface area (Å²) in [5.41, 5.74) is 0. The Morgan fingerprint density at radius 1 is 1.31 bits per heavy atom. The molecule has 2 fully saturated rings. The molecule has 4 atom stereocenters. The van der Waals surface area contributed by atoms with Gasteiger partial charge in [0.15, 0.2) is 0 Å². The molecule has 74 valence electrons. The van der Waals surface area contributed by atoms with Crippen molar-refractivity contribution in [3.8, 4) is 0 Å². The van der Waals surface area contributed by atoms with Gasteiger partial charge in [-0.3, -0.25) is 4.79 Å². The summed E-state index contributed by atoms with van der Waals surface area (Å²) in [7, 11) is 0. The molecule has 2 saturated carbocycles. The van der Waals surface area contributed by atoms with Gasteiger partial charge < -0.3 is 5.11 Å². The smallest absolute Gasteiger partial charge is 0.136 e. The van der Waals surface area contributed by atoms with Crippen LogP contribution in [-0.4, -0.2) is 17.0 Å². The summed E-state index contributed by atoms with van der Waals surface area (Å²) < 4.78 is 0. The molecule has 2 rings (SSSR count). The van der Waals surface area contributed by atoms with Gasteiger partial charge in [-0.15, -0.1) is 0 Å². The highest BCUT2D eigenvalue weighted by Gasteiger charge is 2.42. The van der Waals surface area contributed by atoms with E-state index >= 15 is 0 Å². The van der Waals surface area contributed by atoms with Crippen LogP contribution in [0.1, 0.15) is 39.0 Å². The second-order valence-electron chi connectivity index (χ2n) is 4.66. The van der Waals surface area contributed by atoms with Gasteiger partial charge in [-0.25, -0.2) is 0 Å². The van der Waals surface area contributed by atoms with Gasteiger partial charge in [0.05, 0.1) is 6.10 Å². The van der Waals surface area contributed by atoms with E-state index in [2.05, 4.69) is 6.92 Å². The maximum Gasteiger partial charge on any atom is 0.136 e. The van der Waals surface area contributed by atoms with Crippen molar-refractivity contribution in [3.05, 3.63) is 0 Å². The van der Waals surface area contributed by atoms with Crippen molar-refractivity contribution in [1.29, 1.82) is 0 Å². The van der Waals surface area contributed by atoms with Gasteiger partial charge in [0, 0.05) is 12.3 Å². The molecule has 13 heavy (non-hydrogen) atoms. The lowest BCUT2D eigenvalue weighted by Crippen LogP contribution is -2.29. The molecule has 2 nitrogen and oxygen atoms in total. The molecule has 0 unspecified atom stereocenters. The molecular formula is C11H18O2. The first-order valence-corrected chi connectivity index (χ1v) is 5.41. The van der Waals surface area contributed by atoms with Crippen molar-refractivity contribution in [1.82, 2.24) is 0 Å². The second-order valence-corrected chi connectivity index (χ2v) is 4.66. The predicted molar refractivity (Wildman–Crippen MR) is 50.2 cm³/mol. The Balaban J connectivity index is 2.20. The Kier molecular flexibility index (Phi) is 2.41. The van der Waals surface area contributed by atoms with Crippen molar-refractivity contribution in [2.24, 2.45) is 17.8 Å². The fourth-order valence-corrected chi connectivity index (χ4v) is 3.11. The van der Waals surface area contributed by atoms with E-state index in [1.54, 1.807) is 0 Å². The molecule has 2 aliphatic carbocycles. The van der Waals surface area contributed by atoms with Crippen molar-refractivity contribution < 1.29 is 9.90 Å². The molecule has 2 aliphatic rings. The van der Waals surface area contributed by atoms with Crippen LogP contribution in [0.25, 0.3) is 0 Å². The molecule has 2 heteroatoms. The molecule has 0 aromatic carbocycles. The molecule has 0 aromatic heterocycles. The summed E-state index contributed by atoms with van der Waals surface area (Å²) >= 11 is 0. The molecule has 0 saturated heterocycles. The van der Waals surface area contributed by atoms with Gasteiger partial charge in [0.25, 0.3) is 0 Å². The zero-order chi connectivity index (χ0) is 9.42. The number of Topliss-reactive ketones (excluding diaryl/α,β-unsaturated/α-hetero) is 1. The lowest BCUT2D eigenvalue weighted by molar-refractivity contribution is -0.124. The van der Waals surface area contributed by atoms with Crippen molar-refractivity contribution >= 4 is 5.78 Å². The summed E-state index contributed by atoms with van der Waals surface area (Å²) in [5, 5.41) is 9.90. The lowest BCUT2D eigenvalue weighted by atomic mass is 9.84. The van der Waals surface area contributed by atoms with Crippen LogP contribution in [0.2, 0.25) is 0 Å². The molecule has 0 heterocycles. The summed E-state index contributed by atoms with van der Waals surface area (Å²) in [6, 6.07) is 0. The quantitative estimate of drug-likeness (QED) is 0.620. The standard InChI is InChI=1S/C11H18O2/c1-7-5-6-8-9(12)3-2-4-10(13)11(7)8/h7-8,10-11,13H,2-6H2,1H3/t7-,8+,10-,11+/m0/s1. The van der Waals surface area contributed by atoms with Crippen LogP contribution in [0.3, 0.4) is 0 Å².